The first-order chi connectivity index (χ1) is 16.2. The maximum atomic E-state index is 13.5. The van der Waals surface area contributed by atoms with Crippen molar-refractivity contribution in [3.8, 4) is 11.5 Å². The molecule has 0 unspecified atom stereocenters. The van der Waals surface area contributed by atoms with Gasteiger partial charge in [-0.2, -0.15) is 0 Å². The Hall–Kier alpha value is -3.88. The van der Waals surface area contributed by atoms with Crippen LogP contribution in [0.3, 0.4) is 0 Å². The summed E-state index contributed by atoms with van der Waals surface area (Å²) in [6.45, 7) is 3.32. The van der Waals surface area contributed by atoms with E-state index in [1.165, 1.54) is 14.2 Å². The first kappa shape index (κ1) is 23.3. The summed E-state index contributed by atoms with van der Waals surface area (Å²) in [6.07, 6.45) is -1.12. The third-order valence-corrected chi connectivity index (χ3v) is 6.09. The molecule has 0 radical (unpaired) electrons. The average Bonchev–Trinajstić information content (AvgIpc) is 3.23. The summed E-state index contributed by atoms with van der Waals surface area (Å²) in [5.41, 5.74) is 0.189. The van der Waals surface area contributed by atoms with Crippen LogP contribution in [0.4, 0.5) is 0 Å². The Balaban J connectivity index is 1.71. The molecule has 4 rings (SSSR count). The predicted octanol–water partition coefficient (Wildman–Crippen LogP) is 2.58. The van der Waals surface area contributed by atoms with E-state index in [-0.39, 0.29) is 24.3 Å². The van der Waals surface area contributed by atoms with Crippen LogP contribution in [0.25, 0.3) is 0 Å². The smallest absolute Gasteiger partial charge is 0.348 e. The van der Waals surface area contributed by atoms with Crippen LogP contribution < -0.4 is 9.47 Å². The number of carbonyl (C=O) groups is 4. The molecule has 0 N–H and O–H groups in total. The average molecular weight is 467 g/mol. The van der Waals surface area contributed by atoms with Gasteiger partial charge in [0.25, 0.3) is 11.8 Å². The predicted molar refractivity (Wildman–Crippen MR) is 119 cm³/mol. The van der Waals surface area contributed by atoms with Gasteiger partial charge in [0.05, 0.1) is 25.3 Å². The van der Waals surface area contributed by atoms with Crippen LogP contribution in [0.5, 0.6) is 11.5 Å². The third kappa shape index (κ3) is 3.98. The van der Waals surface area contributed by atoms with Crippen molar-refractivity contribution in [1.82, 2.24) is 4.90 Å². The van der Waals surface area contributed by atoms with Crippen molar-refractivity contribution in [1.29, 1.82) is 0 Å². The van der Waals surface area contributed by atoms with Crippen LogP contribution in [-0.4, -0.2) is 62.1 Å². The van der Waals surface area contributed by atoms with Gasteiger partial charge >= 0.3 is 11.9 Å². The molecule has 2 atom stereocenters. The lowest BCUT2D eigenvalue weighted by molar-refractivity contribution is -0.164. The number of nitrogens with zero attached hydrogens (tertiary/aromatic N) is 1. The van der Waals surface area contributed by atoms with Crippen molar-refractivity contribution >= 4 is 23.8 Å². The Bertz CT molecular complexity index is 1140. The number of fused-ring (bicyclic) bond motifs is 1. The van der Waals surface area contributed by atoms with E-state index in [0.29, 0.717) is 17.1 Å². The van der Waals surface area contributed by atoms with E-state index in [1.54, 1.807) is 56.3 Å². The first-order valence-electron chi connectivity index (χ1n) is 10.7. The monoisotopic (exact) mass is 467 g/mol. The molecule has 0 aromatic heterocycles. The van der Waals surface area contributed by atoms with Gasteiger partial charge in [-0.05, 0) is 18.2 Å². The highest BCUT2D eigenvalue weighted by Gasteiger charge is 2.48. The summed E-state index contributed by atoms with van der Waals surface area (Å²) >= 11 is 0. The highest BCUT2D eigenvalue weighted by Crippen LogP contribution is 2.37. The number of methoxy groups -OCH3 is 2. The Labute approximate surface area is 196 Å². The third-order valence-electron chi connectivity index (χ3n) is 6.09. The van der Waals surface area contributed by atoms with Crippen LogP contribution in [0.1, 0.15) is 46.0 Å². The first-order valence-corrected chi connectivity index (χ1v) is 10.7. The second-order valence-electron chi connectivity index (χ2n) is 8.84. The largest absolute Gasteiger partial charge is 0.497 e. The zero-order valence-corrected chi connectivity index (χ0v) is 19.3. The molecule has 9 heteroatoms. The van der Waals surface area contributed by atoms with Crippen LogP contribution in [-0.2, 0) is 19.1 Å². The van der Waals surface area contributed by atoms with Gasteiger partial charge in [-0.3, -0.25) is 19.3 Å². The van der Waals surface area contributed by atoms with Crippen molar-refractivity contribution < 1.29 is 38.1 Å². The maximum absolute atomic E-state index is 13.5. The molecule has 9 nitrogen and oxygen atoms in total. The number of imide groups is 1. The minimum absolute atomic E-state index is 0.110. The molecule has 2 aromatic carbocycles. The minimum Gasteiger partial charge on any atom is -0.497 e. The number of carbonyl (C=O) groups excluding carboxylic acids is 4. The molecule has 2 amide bonds. The zero-order valence-electron chi connectivity index (χ0n) is 19.3. The Morgan fingerprint density at radius 3 is 2.24 bits per heavy atom. The molecule has 0 bridgehead atoms. The molecule has 2 aliphatic heterocycles. The van der Waals surface area contributed by atoms with E-state index in [2.05, 4.69) is 0 Å². The molecular formula is C25H25NO8. The van der Waals surface area contributed by atoms with Gasteiger partial charge in [0.1, 0.15) is 24.0 Å². The fraction of sp³-hybridized carbons (Fsp3) is 0.360. The summed E-state index contributed by atoms with van der Waals surface area (Å²) in [7, 11) is 2.92. The zero-order chi connectivity index (χ0) is 24.6. The molecule has 0 saturated carbocycles. The van der Waals surface area contributed by atoms with E-state index in [1.807, 2.05) is 0 Å². The van der Waals surface area contributed by atoms with E-state index < -0.39 is 41.2 Å². The lowest BCUT2D eigenvalue weighted by atomic mass is 9.89. The topological polar surface area (TPSA) is 108 Å². The summed E-state index contributed by atoms with van der Waals surface area (Å²) in [6, 6.07) is 11.3. The summed E-state index contributed by atoms with van der Waals surface area (Å²) in [5, 5.41) is 0. The summed E-state index contributed by atoms with van der Waals surface area (Å²) in [5.74, 6) is -2.75. The number of hydrogen-bond acceptors (Lipinski definition) is 8. The molecule has 2 heterocycles. The van der Waals surface area contributed by atoms with Crippen molar-refractivity contribution in [2.75, 3.05) is 27.4 Å². The number of esters is 2. The molecule has 2 aliphatic rings. The van der Waals surface area contributed by atoms with Crippen LogP contribution in [0.2, 0.25) is 0 Å². The number of rotatable bonds is 7. The maximum Gasteiger partial charge on any atom is 0.348 e. The molecule has 1 saturated heterocycles. The Kier molecular flexibility index (Phi) is 6.03. The standard InChI is InChI=1S/C25H25NO8/c1-25(2)13-33-24(30)20(25)34-23(29)18(15-10-9-14(31-3)11-19(15)32-4)12-26-21(27)16-7-5-6-8-17(16)22(26)28/h5-11,18,20H,12-13H2,1-4H3/t18-,20+/m1/s1. The highest BCUT2D eigenvalue weighted by molar-refractivity contribution is 6.21. The fourth-order valence-corrected chi connectivity index (χ4v) is 4.13. The van der Waals surface area contributed by atoms with E-state index in [0.717, 1.165) is 4.90 Å². The Morgan fingerprint density at radius 1 is 1.06 bits per heavy atom. The minimum atomic E-state index is -1.12. The van der Waals surface area contributed by atoms with Crippen LogP contribution in [0, 0.1) is 5.41 Å². The molecule has 2 aromatic rings. The van der Waals surface area contributed by atoms with Gasteiger partial charge in [0.2, 0.25) is 6.10 Å². The van der Waals surface area contributed by atoms with Crippen molar-refractivity contribution in [2.45, 2.75) is 25.9 Å². The molecule has 1 fully saturated rings. The highest BCUT2D eigenvalue weighted by atomic mass is 16.6. The summed E-state index contributed by atoms with van der Waals surface area (Å²) < 4.78 is 21.4. The molecule has 34 heavy (non-hydrogen) atoms. The van der Waals surface area contributed by atoms with E-state index >= 15 is 0 Å². The molecule has 0 aliphatic carbocycles. The molecular weight excluding hydrogens is 442 g/mol. The van der Waals surface area contributed by atoms with Gasteiger partial charge in [0.15, 0.2) is 0 Å². The van der Waals surface area contributed by atoms with Gasteiger partial charge in [-0.25, -0.2) is 4.79 Å². The second-order valence-corrected chi connectivity index (χ2v) is 8.84. The van der Waals surface area contributed by atoms with Crippen molar-refractivity contribution in [3.63, 3.8) is 0 Å². The van der Waals surface area contributed by atoms with E-state index in [9.17, 15) is 19.2 Å². The number of amides is 2. The van der Waals surface area contributed by atoms with Crippen molar-refractivity contribution in [3.05, 3.63) is 59.2 Å². The second kappa shape index (κ2) is 8.81. The van der Waals surface area contributed by atoms with Gasteiger partial charge < -0.3 is 18.9 Å². The van der Waals surface area contributed by atoms with Gasteiger partial charge in [0, 0.05) is 23.6 Å². The van der Waals surface area contributed by atoms with Gasteiger partial charge in [-0.15, -0.1) is 0 Å². The molecule has 0 spiro atoms. The number of benzene rings is 2. The number of ether oxygens (including phenoxy) is 4. The SMILES string of the molecule is COc1ccc([C@@H](CN2C(=O)c3ccccc3C2=O)C(=O)O[C@H]2C(=O)OCC2(C)C)c(OC)c1. The lowest BCUT2D eigenvalue weighted by Crippen LogP contribution is -2.40. The van der Waals surface area contributed by atoms with Crippen LogP contribution >= 0.6 is 0 Å². The van der Waals surface area contributed by atoms with Crippen LogP contribution in [0.15, 0.2) is 42.5 Å². The fourth-order valence-electron chi connectivity index (χ4n) is 4.13. The van der Waals surface area contributed by atoms with Gasteiger partial charge in [-0.1, -0.05) is 32.0 Å². The quantitative estimate of drug-likeness (QED) is 0.452. The summed E-state index contributed by atoms with van der Waals surface area (Å²) in [4.78, 5) is 52.7. The van der Waals surface area contributed by atoms with Crippen molar-refractivity contribution in [2.24, 2.45) is 5.41 Å². The number of cyclic esters (lactones) is 1. The molecule has 178 valence electrons. The lowest BCUT2D eigenvalue weighted by Gasteiger charge is -2.27. The van der Waals surface area contributed by atoms with E-state index in [4.69, 9.17) is 18.9 Å². The number of hydrogen-bond donors (Lipinski definition) is 0. The Morgan fingerprint density at radius 2 is 1.71 bits per heavy atom. The normalized spacial score (nSPS) is 19.5.